The summed E-state index contributed by atoms with van der Waals surface area (Å²) in [6.07, 6.45) is 0.693. The van der Waals surface area contributed by atoms with Crippen molar-refractivity contribution in [1.29, 1.82) is 5.26 Å². The van der Waals surface area contributed by atoms with Gasteiger partial charge >= 0.3 is 0 Å². The quantitative estimate of drug-likeness (QED) is 0.617. The number of hydrogen-bond acceptors (Lipinski definition) is 2. The van der Waals surface area contributed by atoms with E-state index in [0.717, 1.165) is 11.1 Å². The summed E-state index contributed by atoms with van der Waals surface area (Å²) < 4.78 is 0. The second-order valence-electron chi connectivity index (χ2n) is 2.84. The minimum Gasteiger partial charge on any atom is -0.397 e. The van der Waals surface area contributed by atoms with Crippen LogP contribution >= 0.6 is 0 Å². The Kier molecular flexibility index (Phi) is 1.38. The third kappa shape index (κ3) is 0.802. The van der Waals surface area contributed by atoms with Gasteiger partial charge in [0.15, 0.2) is 0 Å². The van der Waals surface area contributed by atoms with Crippen LogP contribution in [0.4, 0.5) is 0 Å². The standard InChI is InChI=1S/C10H8N2/c11-6-8-5-7-3-1-2-4-9(7)10(8)12/h1-4H,5,12H2. The van der Waals surface area contributed by atoms with Gasteiger partial charge in [-0.2, -0.15) is 5.26 Å². The molecule has 1 aromatic carbocycles. The van der Waals surface area contributed by atoms with Crippen molar-refractivity contribution in [2.24, 2.45) is 5.73 Å². The Hall–Kier alpha value is -1.75. The zero-order chi connectivity index (χ0) is 8.55. The van der Waals surface area contributed by atoms with Crippen molar-refractivity contribution in [1.82, 2.24) is 0 Å². The van der Waals surface area contributed by atoms with E-state index in [-0.39, 0.29) is 0 Å². The molecular formula is C10H8N2. The molecule has 2 rings (SSSR count). The Balaban J connectivity index is 2.59. The highest BCUT2D eigenvalue weighted by atomic mass is 14.6. The monoisotopic (exact) mass is 156 g/mol. The topological polar surface area (TPSA) is 49.8 Å². The smallest absolute Gasteiger partial charge is 0.0972 e. The van der Waals surface area contributed by atoms with E-state index < -0.39 is 0 Å². The van der Waals surface area contributed by atoms with E-state index >= 15 is 0 Å². The highest BCUT2D eigenvalue weighted by molar-refractivity contribution is 5.76. The van der Waals surface area contributed by atoms with Gasteiger partial charge in [0.2, 0.25) is 0 Å². The van der Waals surface area contributed by atoms with Crippen molar-refractivity contribution in [2.45, 2.75) is 6.42 Å². The SMILES string of the molecule is N#CC1=C(N)c2ccccc2C1. The van der Waals surface area contributed by atoms with Crippen LogP contribution in [0, 0.1) is 11.3 Å². The number of rotatable bonds is 0. The summed E-state index contributed by atoms with van der Waals surface area (Å²) in [7, 11) is 0. The van der Waals surface area contributed by atoms with Gasteiger partial charge in [-0.25, -0.2) is 0 Å². The van der Waals surface area contributed by atoms with Crippen molar-refractivity contribution in [2.75, 3.05) is 0 Å². The minimum atomic E-state index is 0.646. The van der Waals surface area contributed by atoms with Crippen LogP contribution in [0.5, 0.6) is 0 Å². The molecule has 2 heteroatoms. The lowest BCUT2D eigenvalue weighted by Gasteiger charge is -1.97. The Morgan fingerprint density at radius 1 is 1.33 bits per heavy atom. The summed E-state index contributed by atoms with van der Waals surface area (Å²) >= 11 is 0. The second kappa shape index (κ2) is 2.38. The van der Waals surface area contributed by atoms with Gasteiger partial charge in [0.05, 0.1) is 17.3 Å². The lowest BCUT2D eigenvalue weighted by Crippen LogP contribution is -1.94. The van der Waals surface area contributed by atoms with Gasteiger partial charge in [0.25, 0.3) is 0 Å². The molecule has 0 amide bonds. The predicted molar refractivity (Wildman–Crippen MR) is 46.9 cm³/mol. The summed E-state index contributed by atoms with van der Waals surface area (Å²) in [4.78, 5) is 0. The highest BCUT2D eigenvalue weighted by Crippen LogP contribution is 2.28. The van der Waals surface area contributed by atoms with Gasteiger partial charge in [-0.3, -0.25) is 0 Å². The summed E-state index contributed by atoms with van der Waals surface area (Å²) in [6.45, 7) is 0. The maximum atomic E-state index is 8.72. The van der Waals surface area contributed by atoms with Crippen LogP contribution in [0.3, 0.4) is 0 Å². The molecule has 0 unspecified atom stereocenters. The number of benzene rings is 1. The zero-order valence-electron chi connectivity index (χ0n) is 6.54. The van der Waals surface area contributed by atoms with Crippen molar-refractivity contribution in [3.05, 3.63) is 41.0 Å². The third-order valence-electron chi connectivity index (χ3n) is 2.13. The molecule has 0 aliphatic heterocycles. The van der Waals surface area contributed by atoms with Crippen molar-refractivity contribution in [3.63, 3.8) is 0 Å². The number of allylic oxidation sites excluding steroid dienone is 1. The van der Waals surface area contributed by atoms with E-state index in [0.29, 0.717) is 17.7 Å². The summed E-state index contributed by atoms with van der Waals surface area (Å²) in [5.74, 6) is 0. The third-order valence-corrected chi connectivity index (χ3v) is 2.13. The van der Waals surface area contributed by atoms with Gasteiger partial charge in [0.1, 0.15) is 0 Å². The van der Waals surface area contributed by atoms with E-state index in [4.69, 9.17) is 11.0 Å². The number of nitriles is 1. The van der Waals surface area contributed by atoms with Crippen LogP contribution in [0.25, 0.3) is 5.70 Å². The molecule has 12 heavy (non-hydrogen) atoms. The minimum absolute atomic E-state index is 0.646. The summed E-state index contributed by atoms with van der Waals surface area (Å²) in [6, 6.07) is 9.98. The Morgan fingerprint density at radius 2 is 2.08 bits per heavy atom. The average Bonchev–Trinajstić information content (AvgIpc) is 2.44. The van der Waals surface area contributed by atoms with E-state index in [1.807, 2.05) is 24.3 Å². The van der Waals surface area contributed by atoms with Crippen LogP contribution in [-0.4, -0.2) is 0 Å². The normalized spacial score (nSPS) is 14.2. The van der Waals surface area contributed by atoms with Gasteiger partial charge < -0.3 is 5.73 Å². The molecular weight excluding hydrogens is 148 g/mol. The maximum absolute atomic E-state index is 8.72. The molecule has 0 atom stereocenters. The van der Waals surface area contributed by atoms with Crippen LogP contribution in [0.1, 0.15) is 11.1 Å². The molecule has 0 bridgehead atoms. The summed E-state index contributed by atoms with van der Waals surface area (Å²) in [5, 5.41) is 8.72. The van der Waals surface area contributed by atoms with Gasteiger partial charge in [-0.05, 0) is 5.56 Å². The Bertz CT molecular complexity index is 397. The molecule has 58 valence electrons. The molecule has 0 saturated carbocycles. The van der Waals surface area contributed by atoms with E-state index in [2.05, 4.69) is 6.07 Å². The molecule has 0 heterocycles. The van der Waals surface area contributed by atoms with Crippen LogP contribution < -0.4 is 5.73 Å². The molecule has 1 aliphatic rings. The Labute approximate surface area is 70.9 Å². The summed E-state index contributed by atoms with van der Waals surface area (Å²) in [5.41, 5.74) is 9.28. The molecule has 1 aromatic rings. The van der Waals surface area contributed by atoms with Crippen molar-refractivity contribution >= 4 is 5.70 Å². The molecule has 0 spiro atoms. The first-order valence-electron chi connectivity index (χ1n) is 3.80. The van der Waals surface area contributed by atoms with Gasteiger partial charge in [-0.1, -0.05) is 24.3 Å². The largest absolute Gasteiger partial charge is 0.397 e. The number of nitrogens with two attached hydrogens (primary N) is 1. The number of fused-ring (bicyclic) bond motifs is 1. The molecule has 1 aliphatic carbocycles. The van der Waals surface area contributed by atoms with Crippen molar-refractivity contribution in [3.8, 4) is 6.07 Å². The molecule has 0 fully saturated rings. The van der Waals surface area contributed by atoms with Crippen LogP contribution in [-0.2, 0) is 6.42 Å². The first kappa shape index (κ1) is 6.93. The number of hydrogen-bond donors (Lipinski definition) is 1. The van der Waals surface area contributed by atoms with Gasteiger partial charge in [-0.15, -0.1) is 0 Å². The van der Waals surface area contributed by atoms with E-state index in [9.17, 15) is 0 Å². The lowest BCUT2D eigenvalue weighted by molar-refractivity contribution is 1.24. The zero-order valence-corrected chi connectivity index (χ0v) is 6.54. The van der Waals surface area contributed by atoms with Crippen LogP contribution in [0.2, 0.25) is 0 Å². The second-order valence-corrected chi connectivity index (χ2v) is 2.84. The molecule has 2 nitrogen and oxygen atoms in total. The fourth-order valence-corrected chi connectivity index (χ4v) is 1.49. The van der Waals surface area contributed by atoms with E-state index in [1.54, 1.807) is 0 Å². The first-order chi connectivity index (χ1) is 5.83. The molecule has 2 N–H and O–H groups in total. The first-order valence-corrected chi connectivity index (χ1v) is 3.80. The van der Waals surface area contributed by atoms with Gasteiger partial charge in [0, 0.05) is 12.0 Å². The fourth-order valence-electron chi connectivity index (χ4n) is 1.49. The Morgan fingerprint density at radius 3 is 2.75 bits per heavy atom. The maximum Gasteiger partial charge on any atom is 0.0972 e. The average molecular weight is 156 g/mol. The molecule has 0 aromatic heterocycles. The highest BCUT2D eigenvalue weighted by Gasteiger charge is 2.17. The fraction of sp³-hybridized carbons (Fsp3) is 0.100. The number of nitrogens with zero attached hydrogens (tertiary/aromatic N) is 1. The van der Waals surface area contributed by atoms with Crippen molar-refractivity contribution < 1.29 is 0 Å². The lowest BCUT2D eigenvalue weighted by atomic mass is 10.1. The molecule has 0 radical (unpaired) electrons. The van der Waals surface area contributed by atoms with Crippen LogP contribution in [0.15, 0.2) is 29.8 Å². The predicted octanol–water partition coefficient (Wildman–Crippen LogP) is 1.44. The van der Waals surface area contributed by atoms with E-state index in [1.165, 1.54) is 0 Å². The molecule has 0 saturated heterocycles.